The SMILES string of the molecule is CCCOC(=O)C1=C2SCCN2CC1. The molecule has 78 valence electrons. The van der Waals surface area contributed by atoms with Gasteiger partial charge in [0.15, 0.2) is 0 Å². The molecular weight excluding hydrogens is 198 g/mol. The maximum Gasteiger partial charge on any atom is 0.336 e. The minimum atomic E-state index is -0.0984. The summed E-state index contributed by atoms with van der Waals surface area (Å²) in [6, 6.07) is 0. The summed E-state index contributed by atoms with van der Waals surface area (Å²) in [5.74, 6) is 1.01. The number of fused-ring (bicyclic) bond motifs is 1. The molecule has 2 heterocycles. The van der Waals surface area contributed by atoms with Gasteiger partial charge in [-0.3, -0.25) is 0 Å². The van der Waals surface area contributed by atoms with Gasteiger partial charge in [-0.25, -0.2) is 4.79 Å². The van der Waals surface area contributed by atoms with Gasteiger partial charge in [-0.1, -0.05) is 6.92 Å². The number of hydrogen-bond acceptors (Lipinski definition) is 4. The molecule has 4 heteroatoms. The Hall–Kier alpha value is -0.640. The summed E-state index contributed by atoms with van der Waals surface area (Å²) in [6.07, 6.45) is 1.76. The smallest absolute Gasteiger partial charge is 0.336 e. The van der Waals surface area contributed by atoms with Crippen LogP contribution in [0.4, 0.5) is 0 Å². The van der Waals surface area contributed by atoms with E-state index in [-0.39, 0.29) is 5.97 Å². The Balaban J connectivity index is 2.03. The highest BCUT2D eigenvalue weighted by Crippen LogP contribution is 2.37. The largest absolute Gasteiger partial charge is 0.462 e. The van der Waals surface area contributed by atoms with Gasteiger partial charge >= 0.3 is 5.97 Å². The molecule has 0 atom stereocenters. The van der Waals surface area contributed by atoms with Gasteiger partial charge in [0.25, 0.3) is 0 Å². The maximum atomic E-state index is 11.6. The van der Waals surface area contributed by atoms with E-state index in [0.29, 0.717) is 6.61 Å². The summed E-state index contributed by atoms with van der Waals surface area (Å²) in [4.78, 5) is 13.9. The van der Waals surface area contributed by atoms with E-state index in [1.54, 1.807) is 11.8 Å². The van der Waals surface area contributed by atoms with Crippen molar-refractivity contribution in [2.45, 2.75) is 19.8 Å². The van der Waals surface area contributed by atoms with Crippen LogP contribution in [0.3, 0.4) is 0 Å². The Morgan fingerprint density at radius 3 is 3.21 bits per heavy atom. The van der Waals surface area contributed by atoms with E-state index in [2.05, 4.69) is 4.90 Å². The summed E-state index contributed by atoms with van der Waals surface area (Å²) < 4.78 is 5.15. The Labute approximate surface area is 88.5 Å². The summed E-state index contributed by atoms with van der Waals surface area (Å²) in [5.41, 5.74) is 0.904. The van der Waals surface area contributed by atoms with Crippen LogP contribution in [-0.2, 0) is 9.53 Å². The monoisotopic (exact) mass is 213 g/mol. The molecule has 0 aromatic rings. The molecule has 0 saturated carbocycles. The quantitative estimate of drug-likeness (QED) is 0.666. The first-order valence-electron chi connectivity index (χ1n) is 5.11. The first-order valence-corrected chi connectivity index (χ1v) is 6.09. The topological polar surface area (TPSA) is 29.5 Å². The first-order chi connectivity index (χ1) is 6.83. The summed E-state index contributed by atoms with van der Waals surface area (Å²) >= 11 is 1.79. The van der Waals surface area contributed by atoms with Crippen molar-refractivity contribution in [2.75, 3.05) is 25.4 Å². The highest BCUT2D eigenvalue weighted by molar-refractivity contribution is 8.03. The zero-order chi connectivity index (χ0) is 9.97. The number of esters is 1. The van der Waals surface area contributed by atoms with E-state index in [0.717, 1.165) is 37.3 Å². The lowest BCUT2D eigenvalue weighted by Crippen LogP contribution is -2.14. The van der Waals surface area contributed by atoms with Crippen molar-refractivity contribution in [1.29, 1.82) is 0 Å². The van der Waals surface area contributed by atoms with Crippen LogP contribution in [0.15, 0.2) is 10.6 Å². The molecule has 0 N–H and O–H groups in total. The molecule has 0 aromatic carbocycles. The van der Waals surface area contributed by atoms with Crippen LogP contribution in [0.25, 0.3) is 0 Å². The molecule has 0 bridgehead atoms. The van der Waals surface area contributed by atoms with E-state index in [9.17, 15) is 4.79 Å². The van der Waals surface area contributed by atoms with Crippen LogP contribution < -0.4 is 0 Å². The van der Waals surface area contributed by atoms with E-state index < -0.39 is 0 Å². The molecule has 0 unspecified atom stereocenters. The van der Waals surface area contributed by atoms with Crippen LogP contribution in [0.5, 0.6) is 0 Å². The minimum absolute atomic E-state index is 0.0984. The van der Waals surface area contributed by atoms with Crippen LogP contribution in [0.2, 0.25) is 0 Å². The van der Waals surface area contributed by atoms with Crippen LogP contribution >= 0.6 is 11.8 Å². The molecular formula is C10H15NO2S. The lowest BCUT2D eigenvalue weighted by Gasteiger charge is -2.10. The number of carbonyl (C=O) groups excluding carboxylic acids is 1. The number of rotatable bonds is 3. The molecule has 0 aromatic heterocycles. The molecule has 0 radical (unpaired) electrons. The molecule has 2 aliphatic heterocycles. The Morgan fingerprint density at radius 2 is 2.43 bits per heavy atom. The normalized spacial score (nSPS) is 20.2. The van der Waals surface area contributed by atoms with Gasteiger partial charge in [0.05, 0.1) is 17.2 Å². The second-order valence-electron chi connectivity index (χ2n) is 3.51. The fourth-order valence-corrected chi connectivity index (χ4v) is 2.99. The van der Waals surface area contributed by atoms with Gasteiger partial charge in [0.2, 0.25) is 0 Å². The van der Waals surface area contributed by atoms with Gasteiger partial charge in [-0.2, -0.15) is 0 Å². The summed E-state index contributed by atoms with van der Waals surface area (Å²) in [7, 11) is 0. The molecule has 0 amide bonds. The van der Waals surface area contributed by atoms with E-state index >= 15 is 0 Å². The summed E-state index contributed by atoms with van der Waals surface area (Å²) in [6.45, 7) is 4.64. The van der Waals surface area contributed by atoms with Crippen molar-refractivity contribution in [1.82, 2.24) is 4.90 Å². The number of ether oxygens (including phenoxy) is 1. The first kappa shape index (κ1) is 9.90. The van der Waals surface area contributed by atoms with Gasteiger partial charge in [-0.05, 0) is 12.8 Å². The number of carbonyl (C=O) groups is 1. The highest BCUT2D eigenvalue weighted by atomic mass is 32.2. The van der Waals surface area contributed by atoms with E-state index in [1.165, 1.54) is 5.03 Å². The number of thioether (sulfide) groups is 1. The zero-order valence-electron chi connectivity index (χ0n) is 8.41. The van der Waals surface area contributed by atoms with Gasteiger partial charge in [0.1, 0.15) is 0 Å². The Bertz CT molecular complexity index is 275. The Morgan fingerprint density at radius 1 is 1.57 bits per heavy atom. The molecule has 1 saturated heterocycles. The molecule has 2 rings (SSSR count). The third kappa shape index (κ3) is 1.75. The van der Waals surface area contributed by atoms with Crippen molar-refractivity contribution in [2.24, 2.45) is 0 Å². The van der Waals surface area contributed by atoms with Crippen molar-refractivity contribution in [3.8, 4) is 0 Å². The average Bonchev–Trinajstić information content (AvgIpc) is 2.74. The Kier molecular flexibility index (Phi) is 3.01. The predicted octanol–water partition coefficient (Wildman–Crippen LogP) is 1.60. The standard InChI is InChI=1S/C10H15NO2S/c1-2-6-13-10(12)8-3-4-11-5-7-14-9(8)11/h2-7H2,1H3. The van der Waals surface area contributed by atoms with E-state index in [1.807, 2.05) is 6.92 Å². The lowest BCUT2D eigenvalue weighted by atomic mass is 10.2. The molecule has 3 nitrogen and oxygen atoms in total. The van der Waals surface area contributed by atoms with E-state index in [4.69, 9.17) is 4.74 Å². The third-order valence-electron chi connectivity index (χ3n) is 2.46. The summed E-state index contributed by atoms with van der Waals surface area (Å²) in [5, 5.41) is 1.17. The highest BCUT2D eigenvalue weighted by Gasteiger charge is 2.31. The molecule has 2 aliphatic rings. The predicted molar refractivity (Wildman–Crippen MR) is 56.9 cm³/mol. The third-order valence-corrected chi connectivity index (χ3v) is 3.63. The zero-order valence-corrected chi connectivity index (χ0v) is 9.23. The molecule has 1 fully saturated rings. The van der Waals surface area contributed by atoms with Crippen molar-refractivity contribution in [3.63, 3.8) is 0 Å². The van der Waals surface area contributed by atoms with Gasteiger partial charge in [-0.15, -0.1) is 11.8 Å². The van der Waals surface area contributed by atoms with Gasteiger partial charge < -0.3 is 9.64 Å². The second kappa shape index (κ2) is 4.26. The lowest BCUT2D eigenvalue weighted by molar-refractivity contribution is -0.139. The number of hydrogen-bond donors (Lipinski definition) is 0. The van der Waals surface area contributed by atoms with Crippen molar-refractivity contribution < 1.29 is 9.53 Å². The van der Waals surface area contributed by atoms with Crippen molar-refractivity contribution >= 4 is 17.7 Å². The molecule has 14 heavy (non-hydrogen) atoms. The minimum Gasteiger partial charge on any atom is -0.462 e. The molecule has 0 spiro atoms. The fraction of sp³-hybridized carbons (Fsp3) is 0.700. The number of nitrogens with zero attached hydrogens (tertiary/aromatic N) is 1. The van der Waals surface area contributed by atoms with Crippen LogP contribution in [0.1, 0.15) is 19.8 Å². The second-order valence-corrected chi connectivity index (χ2v) is 4.59. The average molecular weight is 213 g/mol. The maximum absolute atomic E-state index is 11.6. The van der Waals surface area contributed by atoms with Crippen LogP contribution in [-0.4, -0.2) is 36.3 Å². The molecule has 0 aliphatic carbocycles. The van der Waals surface area contributed by atoms with Gasteiger partial charge in [0, 0.05) is 18.8 Å². The van der Waals surface area contributed by atoms with Crippen LogP contribution in [0, 0.1) is 0 Å². The van der Waals surface area contributed by atoms with Crippen molar-refractivity contribution in [3.05, 3.63) is 10.6 Å². The fourth-order valence-electron chi connectivity index (χ4n) is 1.76.